The van der Waals surface area contributed by atoms with Crippen molar-refractivity contribution >= 4 is 21.8 Å². The summed E-state index contributed by atoms with van der Waals surface area (Å²) in [6, 6.07) is 5.98. The normalized spacial score (nSPS) is 12.3. The lowest BCUT2D eigenvalue weighted by molar-refractivity contribution is -0.121. The van der Waals surface area contributed by atoms with E-state index in [1.54, 1.807) is 0 Å². The Morgan fingerprint density at radius 3 is 2.68 bits per heavy atom. The standard InChI is InChI=1S/C14H21BrN2O2/c1-9(2)12-8-11(15)5-6-13(12)19-10(3)4-7-14(18)17-16/h5-6,8-10H,4,7,16H2,1-3H3,(H,17,18). The zero-order valence-corrected chi connectivity index (χ0v) is 13.2. The van der Waals surface area contributed by atoms with Gasteiger partial charge in [-0.2, -0.15) is 0 Å². The minimum absolute atomic E-state index is 0.0315. The molecule has 0 aliphatic carbocycles. The number of nitrogens with one attached hydrogen (secondary N) is 1. The summed E-state index contributed by atoms with van der Waals surface area (Å²) < 4.78 is 6.96. The minimum atomic E-state index is -0.171. The van der Waals surface area contributed by atoms with E-state index in [9.17, 15) is 4.79 Å². The third-order valence-corrected chi connectivity index (χ3v) is 3.35. The fourth-order valence-corrected chi connectivity index (χ4v) is 2.14. The number of hydrogen-bond acceptors (Lipinski definition) is 3. The van der Waals surface area contributed by atoms with Gasteiger partial charge in [-0.15, -0.1) is 0 Å². The summed E-state index contributed by atoms with van der Waals surface area (Å²) in [5.41, 5.74) is 3.28. The van der Waals surface area contributed by atoms with Gasteiger partial charge in [-0.05, 0) is 43.0 Å². The van der Waals surface area contributed by atoms with Crippen LogP contribution in [0.4, 0.5) is 0 Å². The van der Waals surface area contributed by atoms with E-state index >= 15 is 0 Å². The number of hydrogen-bond donors (Lipinski definition) is 2. The summed E-state index contributed by atoms with van der Waals surface area (Å²) in [6.07, 6.45) is 0.970. The largest absolute Gasteiger partial charge is 0.490 e. The molecule has 0 spiro atoms. The summed E-state index contributed by atoms with van der Waals surface area (Å²) in [7, 11) is 0. The van der Waals surface area contributed by atoms with Crippen LogP contribution >= 0.6 is 15.9 Å². The quantitative estimate of drug-likeness (QED) is 0.479. The SMILES string of the molecule is CC(CCC(=O)NN)Oc1ccc(Br)cc1C(C)C. The van der Waals surface area contributed by atoms with Crippen LogP contribution < -0.4 is 16.0 Å². The predicted molar refractivity (Wildman–Crippen MR) is 79.9 cm³/mol. The molecule has 1 unspecified atom stereocenters. The molecular weight excluding hydrogens is 308 g/mol. The smallest absolute Gasteiger partial charge is 0.234 e. The molecule has 19 heavy (non-hydrogen) atoms. The molecule has 1 amide bonds. The molecule has 5 heteroatoms. The number of carbonyl (C=O) groups is 1. The van der Waals surface area contributed by atoms with Crippen LogP contribution in [-0.4, -0.2) is 12.0 Å². The first-order valence-corrected chi connectivity index (χ1v) is 7.19. The molecular formula is C14H21BrN2O2. The summed E-state index contributed by atoms with van der Waals surface area (Å²) in [5.74, 6) is 6.13. The van der Waals surface area contributed by atoms with Crippen LogP contribution in [0.1, 0.15) is 45.1 Å². The van der Waals surface area contributed by atoms with Crippen molar-refractivity contribution in [2.45, 2.75) is 45.6 Å². The van der Waals surface area contributed by atoms with Gasteiger partial charge in [0.15, 0.2) is 0 Å². The molecule has 0 aromatic heterocycles. The highest BCUT2D eigenvalue weighted by atomic mass is 79.9. The van der Waals surface area contributed by atoms with E-state index in [4.69, 9.17) is 10.6 Å². The van der Waals surface area contributed by atoms with E-state index in [1.807, 2.05) is 19.1 Å². The van der Waals surface area contributed by atoms with Gasteiger partial charge in [0.05, 0.1) is 6.10 Å². The average molecular weight is 329 g/mol. The summed E-state index contributed by atoms with van der Waals surface area (Å²) >= 11 is 3.47. The number of ether oxygens (including phenoxy) is 1. The van der Waals surface area contributed by atoms with Gasteiger partial charge in [0, 0.05) is 10.9 Å². The first kappa shape index (κ1) is 16.0. The zero-order chi connectivity index (χ0) is 14.4. The highest BCUT2D eigenvalue weighted by molar-refractivity contribution is 9.10. The second kappa shape index (κ2) is 7.50. The lowest BCUT2D eigenvalue weighted by Gasteiger charge is -2.19. The fraction of sp³-hybridized carbons (Fsp3) is 0.500. The maximum Gasteiger partial charge on any atom is 0.234 e. The van der Waals surface area contributed by atoms with Crippen LogP contribution in [0.3, 0.4) is 0 Å². The molecule has 106 valence electrons. The maximum atomic E-state index is 11.1. The zero-order valence-electron chi connectivity index (χ0n) is 11.6. The molecule has 0 radical (unpaired) electrons. The average Bonchev–Trinajstić information content (AvgIpc) is 2.37. The molecule has 1 atom stereocenters. The van der Waals surface area contributed by atoms with Gasteiger partial charge in [-0.3, -0.25) is 10.2 Å². The number of hydrazine groups is 1. The van der Waals surface area contributed by atoms with Crippen LogP contribution in [-0.2, 0) is 4.79 Å². The van der Waals surface area contributed by atoms with Crippen molar-refractivity contribution in [3.05, 3.63) is 28.2 Å². The highest BCUT2D eigenvalue weighted by Gasteiger charge is 2.12. The van der Waals surface area contributed by atoms with Crippen molar-refractivity contribution < 1.29 is 9.53 Å². The molecule has 0 saturated heterocycles. The number of amides is 1. The van der Waals surface area contributed by atoms with Crippen molar-refractivity contribution in [1.82, 2.24) is 5.43 Å². The van der Waals surface area contributed by atoms with E-state index in [0.29, 0.717) is 18.8 Å². The van der Waals surface area contributed by atoms with E-state index in [0.717, 1.165) is 15.8 Å². The van der Waals surface area contributed by atoms with Crippen LogP contribution in [0.5, 0.6) is 5.75 Å². The Hall–Kier alpha value is -1.07. The van der Waals surface area contributed by atoms with Gasteiger partial charge >= 0.3 is 0 Å². The molecule has 0 saturated carbocycles. The Morgan fingerprint density at radius 1 is 1.42 bits per heavy atom. The summed E-state index contributed by atoms with van der Waals surface area (Å²) in [5, 5.41) is 0. The maximum absolute atomic E-state index is 11.1. The molecule has 1 aromatic rings. The van der Waals surface area contributed by atoms with Crippen molar-refractivity contribution in [2.24, 2.45) is 5.84 Å². The van der Waals surface area contributed by atoms with Crippen molar-refractivity contribution in [3.8, 4) is 5.75 Å². The molecule has 0 aliphatic heterocycles. The van der Waals surface area contributed by atoms with Gasteiger partial charge in [0.2, 0.25) is 5.91 Å². The first-order chi connectivity index (χ1) is 8.93. The Morgan fingerprint density at radius 2 is 2.11 bits per heavy atom. The first-order valence-electron chi connectivity index (χ1n) is 6.39. The number of benzene rings is 1. The summed E-state index contributed by atoms with van der Waals surface area (Å²) in [6.45, 7) is 6.21. The van der Waals surface area contributed by atoms with Crippen LogP contribution in [0, 0.1) is 0 Å². The molecule has 4 nitrogen and oxygen atoms in total. The van der Waals surface area contributed by atoms with Gasteiger partial charge in [-0.25, -0.2) is 5.84 Å². The molecule has 1 aromatic carbocycles. The number of halogens is 1. The number of rotatable bonds is 6. The third kappa shape index (κ3) is 5.20. The van der Waals surface area contributed by atoms with Crippen LogP contribution in [0.15, 0.2) is 22.7 Å². The minimum Gasteiger partial charge on any atom is -0.490 e. The Kier molecular flexibility index (Phi) is 6.31. The summed E-state index contributed by atoms with van der Waals surface area (Å²) in [4.78, 5) is 11.1. The highest BCUT2D eigenvalue weighted by Crippen LogP contribution is 2.30. The van der Waals surface area contributed by atoms with Crippen LogP contribution in [0.2, 0.25) is 0 Å². The molecule has 0 bridgehead atoms. The second-order valence-electron chi connectivity index (χ2n) is 4.87. The van der Waals surface area contributed by atoms with Crippen molar-refractivity contribution in [3.63, 3.8) is 0 Å². The van der Waals surface area contributed by atoms with Crippen molar-refractivity contribution in [2.75, 3.05) is 0 Å². The van der Waals surface area contributed by atoms with Gasteiger partial charge in [-0.1, -0.05) is 29.8 Å². The third-order valence-electron chi connectivity index (χ3n) is 2.86. The Balaban J connectivity index is 2.68. The van der Waals surface area contributed by atoms with E-state index in [1.165, 1.54) is 0 Å². The number of nitrogens with two attached hydrogens (primary N) is 1. The predicted octanol–water partition coefficient (Wildman–Crippen LogP) is 3.11. The Labute approximate surface area is 122 Å². The topological polar surface area (TPSA) is 64.4 Å². The van der Waals surface area contributed by atoms with Gasteiger partial charge < -0.3 is 4.74 Å². The Bertz CT molecular complexity index is 435. The molecule has 0 heterocycles. The number of carbonyl (C=O) groups excluding carboxylic acids is 1. The molecule has 0 aliphatic rings. The fourth-order valence-electron chi connectivity index (χ4n) is 1.76. The van der Waals surface area contributed by atoms with E-state index < -0.39 is 0 Å². The van der Waals surface area contributed by atoms with Crippen molar-refractivity contribution in [1.29, 1.82) is 0 Å². The van der Waals surface area contributed by atoms with E-state index in [2.05, 4.69) is 41.3 Å². The second-order valence-corrected chi connectivity index (χ2v) is 5.79. The van der Waals surface area contributed by atoms with E-state index in [-0.39, 0.29) is 12.0 Å². The van der Waals surface area contributed by atoms with Crippen LogP contribution in [0.25, 0.3) is 0 Å². The molecule has 1 rings (SSSR count). The lowest BCUT2D eigenvalue weighted by Crippen LogP contribution is -2.30. The lowest BCUT2D eigenvalue weighted by atomic mass is 10.0. The molecule has 3 N–H and O–H groups in total. The monoisotopic (exact) mass is 328 g/mol. The van der Waals surface area contributed by atoms with Gasteiger partial charge in [0.25, 0.3) is 0 Å². The van der Waals surface area contributed by atoms with Gasteiger partial charge in [0.1, 0.15) is 5.75 Å². The molecule has 0 fully saturated rings.